The van der Waals surface area contributed by atoms with E-state index in [1.165, 1.54) is 11.3 Å². The zero-order chi connectivity index (χ0) is 10.8. The van der Waals surface area contributed by atoms with Crippen molar-refractivity contribution in [1.29, 1.82) is 0 Å². The average Bonchev–Trinajstić information content (AvgIpc) is 2.56. The number of rotatable bonds is 3. The maximum atomic E-state index is 10.9. The smallest absolute Gasteiger partial charge is 0.258 e. The normalized spacial score (nSPS) is 10.4. The highest BCUT2D eigenvalue weighted by molar-refractivity contribution is 7.19. The molecule has 0 aliphatic carbocycles. The summed E-state index contributed by atoms with van der Waals surface area (Å²) < 4.78 is 0.959. The molecule has 0 unspecified atom stereocenters. The van der Waals surface area contributed by atoms with E-state index >= 15 is 0 Å². The summed E-state index contributed by atoms with van der Waals surface area (Å²) in [6.07, 6.45) is 2.24. The van der Waals surface area contributed by atoms with Crippen LogP contribution in [0.3, 0.4) is 0 Å². The fraction of sp³-hybridized carbons (Fsp3) is 0.0909. The summed E-state index contributed by atoms with van der Waals surface area (Å²) in [7, 11) is 0. The van der Waals surface area contributed by atoms with Crippen molar-refractivity contribution < 1.29 is 4.92 Å². The molecular formula is C11H9NO2S. The van der Waals surface area contributed by atoms with Crippen LogP contribution in [-0.4, -0.2) is 4.92 Å². The highest BCUT2D eigenvalue weighted by atomic mass is 32.1. The molecule has 0 bridgehead atoms. The van der Waals surface area contributed by atoms with Crippen molar-refractivity contribution in [2.45, 2.75) is 6.42 Å². The first kappa shape index (κ1) is 9.86. The molecule has 1 heterocycles. The monoisotopic (exact) mass is 219 g/mol. The Morgan fingerprint density at radius 1 is 1.47 bits per heavy atom. The van der Waals surface area contributed by atoms with E-state index < -0.39 is 0 Å². The summed E-state index contributed by atoms with van der Waals surface area (Å²) in [5.74, 6) is 0. The number of fused-ring (bicyclic) bond motifs is 1. The molecule has 0 atom stereocenters. The van der Waals surface area contributed by atoms with Crippen LogP contribution >= 0.6 is 11.3 Å². The molecule has 0 fully saturated rings. The van der Waals surface area contributed by atoms with E-state index in [1.54, 1.807) is 12.1 Å². The second-order valence-corrected chi connectivity index (χ2v) is 4.26. The quantitative estimate of drug-likeness (QED) is 0.450. The molecule has 0 aliphatic heterocycles. The van der Waals surface area contributed by atoms with E-state index in [4.69, 9.17) is 0 Å². The Balaban J connectivity index is 2.74. The van der Waals surface area contributed by atoms with Crippen molar-refractivity contribution >= 4 is 27.1 Å². The minimum Gasteiger partial charge on any atom is -0.258 e. The molecule has 0 radical (unpaired) electrons. The van der Waals surface area contributed by atoms with Gasteiger partial charge in [-0.25, -0.2) is 0 Å². The molecule has 0 spiro atoms. The Bertz CT molecular complexity index is 530. The van der Waals surface area contributed by atoms with Crippen molar-refractivity contribution in [3.8, 4) is 0 Å². The van der Waals surface area contributed by atoms with Crippen molar-refractivity contribution in [2.24, 2.45) is 0 Å². The van der Waals surface area contributed by atoms with E-state index in [1.807, 2.05) is 18.2 Å². The minimum atomic E-state index is -0.308. The standard InChI is InChI=1S/C11H9NO2S/c1-2-5-10-11(12(13)14)8-6-3-4-7-9(8)15-10/h2-4,6-7H,1,5H2. The van der Waals surface area contributed by atoms with Gasteiger partial charge in [0.05, 0.1) is 15.2 Å². The molecule has 1 aromatic heterocycles. The van der Waals surface area contributed by atoms with Crippen LogP contribution in [0.4, 0.5) is 5.69 Å². The maximum Gasteiger partial charge on any atom is 0.291 e. The van der Waals surface area contributed by atoms with Crippen LogP contribution in [0.5, 0.6) is 0 Å². The second-order valence-electron chi connectivity index (χ2n) is 3.12. The lowest BCUT2D eigenvalue weighted by Crippen LogP contribution is -1.89. The number of nitrogens with zero attached hydrogens (tertiary/aromatic N) is 1. The topological polar surface area (TPSA) is 43.1 Å². The van der Waals surface area contributed by atoms with Crippen LogP contribution in [0, 0.1) is 10.1 Å². The molecule has 76 valence electrons. The third-order valence-corrected chi connectivity index (χ3v) is 3.33. The third-order valence-electron chi connectivity index (χ3n) is 2.15. The third kappa shape index (κ3) is 1.64. The molecular weight excluding hydrogens is 210 g/mol. The van der Waals surface area contributed by atoms with Gasteiger partial charge in [0.2, 0.25) is 0 Å². The number of hydrogen-bond donors (Lipinski definition) is 0. The van der Waals surface area contributed by atoms with Crippen LogP contribution in [-0.2, 0) is 6.42 Å². The number of thiophene rings is 1. The Hall–Kier alpha value is -1.68. The van der Waals surface area contributed by atoms with Crippen LogP contribution in [0.15, 0.2) is 36.9 Å². The van der Waals surface area contributed by atoms with E-state index in [0.717, 1.165) is 15.0 Å². The summed E-state index contributed by atoms with van der Waals surface area (Å²) >= 11 is 1.46. The van der Waals surface area contributed by atoms with Crippen molar-refractivity contribution in [2.75, 3.05) is 0 Å². The van der Waals surface area contributed by atoms with Crippen molar-refractivity contribution in [1.82, 2.24) is 0 Å². The lowest BCUT2D eigenvalue weighted by molar-refractivity contribution is -0.383. The highest BCUT2D eigenvalue weighted by Crippen LogP contribution is 2.37. The number of nitro groups is 1. The predicted octanol–water partition coefficient (Wildman–Crippen LogP) is 3.54. The van der Waals surface area contributed by atoms with E-state index in [0.29, 0.717) is 6.42 Å². The van der Waals surface area contributed by atoms with Gasteiger partial charge in [0.1, 0.15) is 0 Å². The summed E-state index contributed by atoms with van der Waals surface area (Å²) in [5, 5.41) is 11.7. The lowest BCUT2D eigenvalue weighted by atomic mass is 10.2. The molecule has 0 N–H and O–H groups in total. The molecule has 0 saturated heterocycles. The largest absolute Gasteiger partial charge is 0.291 e. The number of hydrogen-bond acceptors (Lipinski definition) is 3. The Kier molecular flexibility index (Phi) is 2.51. The first-order valence-electron chi connectivity index (χ1n) is 4.49. The Labute approximate surface area is 90.8 Å². The predicted molar refractivity (Wildman–Crippen MR) is 62.4 cm³/mol. The first-order chi connectivity index (χ1) is 7.24. The van der Waals surface area contributed by atoms with Crippen LogP contribution in [0.1, 0.15) is 4.88 Å². The SMILES string of the molecule is C=CCc1sc2ccccc2c1[N+](=O)[O-]. The summed E-state index contributed by atoms with van der Waals surface area (Å²) in [6, 6.07) is 7.40. The second kappa shape index (κ2) is 3.82. The van der Waals surface area contributed by atoms with Crippen LogP contribution in [0.25, 0.3) is 10.1 Å². The van der Waals surface area contributed by atoms with Gasteiger partial charge in [-0.2, -0.15) is 0 Å². The molecule has 2 rings (SSSR count). The van der Waals surface area contributed by atoms with Gasteiger partial charge in [-0.3, -0.25) is 10.1 Å². The zero-order valence-corrected chi connectivity index (χ0v) is 8.79. The fourth-order valence-corrected chi connectivity index (χ4v) is 2.72. The van der Waals surface area contributed by atoms with Gasteiger partial charge in [0.25, 0.3) is 5.69 Å². The molecule has 4 heteroatoms. The molecule has 2 aromatic rings. The maximum absolute atomic E-state index is 10.9. The van der Waals surface area contributed by atoms with Gasteiger partial charge >= 0.3 is 0 Å². The molecule has 3 nitrogen and oxygen atoms in total. The Morgan fingerprint density at radius 3 is 2.87 bits per heavy atom. The van der Waals surface area contributed by atoms with Gasteiger partial charge in [0.15, 0.2) is 0 Å². The van der Waals surface area contributed by atoms with E-state index in [-0.39, 0.29) is 10.6 Å². The fourth-order valence-electron chi connectivity index (χ4n) is 1.55. The van der Waals surface area contributed by atoms with E-state index in [9.17, 15) is 10.1 Å². The number of benzene rings is 1. The van der Waals surface area contributed by atoms with E-state index in [2.05, 4.69) is 6.58 Å². The van der Waals surface area contributed by atoms with Gasteiger partial charge in [0, 0.05) is 11.1 Å². The highest BCUT2D eigenvalue weighted by Gasteiger charge is 2.20. The summed E-state index contributed by atoms with van der Waals surface area (Å²) in [4.78, 5) is 11.4. The van der Waals surface area contributed by atoms with Crippen LogP contribution < -0.4 is 0 Å². The molecule has 0 saturated carbocycles. The van der Waals surface area contributed by atoms with Gasteiger partial charge in [-0.1, -0.05) is 18.2 Å². The Morgan fingerprint density at radius 2 is 2.20 bits per heavy atom. The minimum absolute atomic E-state index is 0.232. The molecule has 0 amide bonds. The van der Waals surface area contributed by atoms with Crippen LogP contribution in [0.2, 0.25) is 0 Å². The van der Waals surface area contributed by atoms with Gasteiger partial charge < -0.3 is 0 Å². The summed E-state index contributed by atoms with van der Waals surface area (Å²) in [5.41, 5.74) is 0.232. The molecule has 15 heavy (non-hydrogen) atoms. The average molecular weight is 219 g/mol. The number of allylic oxidation sites excluding steroid dienone is 1. The molecule has 1 aromatic carbocycles. The van der Waals surface area contributed by atoms with Crippen molar-refractivity contribution in [3.63, 3.8) is 0 Å². The zero-order valence-electron chi connectivity index (χ0n) is 7.97. The summed E-state index contributed by atoms with van der Waals surface area (Å²) in [6.45, 7) is 3.61. The molecule has 0 aliphatic rings. The first-order valence-corrected chi connectivity index (χ1v) is 5.31. The lowest BCUT2D eigenvalue weighted by Gasteiger charge is -1.91. The van der Waals surface area contributed by atoms with Gasteiger partial charge in [-0.15, -0.1) is 17.9 Å². The van der Waals surface area contributed by atoms with Crippen molar-refractivity contribution in [3.05, 3.63) is 51.9 Å². The van der Waals surface area contributed by atoms with Gasteiger partial charge in [-0.05, 0) is 12.1 Å².